The molecule has 1 aromatic carbocycles. The van der Waals surface area contributed by atoms with Crippen LogP contribution in [0.2, 0.25) is 0 Å². The molecular formula is C16H27BrN2O2. The Balaban J connectivity index is 2.52. The highest BCUT2D eigenvalue weighted by Crippen LogP contribution is 2.18. The van der Waals surface area contributed by atoms with Crippen LogP contribution in [-0.4, -0.2) is 51.5 Å². The monoisotopic (exact) mass is 358 g/mol. The highest BCUT2D eigenvalue weighted by molar-refractivity contribution is 9.10. The van der Waals surface area contributed by atoms with Crippen molar-refractivity contribution in [2.24, 2.45) is 5.73 Å². The largest absolute Gasteiger partial charge is 0.383 e. The summed E-state index contributed by atoms with van der Waals surface area (Å²) in [6.45, 7) is 5.45. The zero-order valence-electron chi connectivity index (χ0n) is 13.2. The van der Waals surface area contributed by atoms with Gasteiger partial charge in [-0.3, -0.25) is 4.90 Å². The molecule has 0 heterocycles. The minimum Gasteiger partial charge on any atom is -0.383 e. The second kappa shape index (κ2) is 10.3. The first-order chi connectivity index (χ1) is 10.1. The molecule has 1 rings (SSSR count). The summed E-state index contributed by atoms with van der Waals surface area (Å²) >= 11 is 3.44. The van der Waals surface area contributed by atoms with Gasteiger partial charge in [0.25, 0.3) is 0 Å². The fraction of sp³-hybridized carbons (Fsp3) is 0.625. The van der Waals surface area contributed by atoms with Crippen molar-refractivity contribution in [3.05, 3.63) is 34.3 Å². The summed E-state index contributed by atoms with van der Waals surface area (Å²) < 4.78 is 11.5. The maximum atomic E-state index is 6.29. The fourth-order valence-corrected chi connectivity index (χ4v) is 2.55. The van der Waals surface area contributed by atoms with Gasteiger partial charge in [-0.2, -0.15) is 0 Å². The summed E-state index contributed by atoms with van der Waals surface area (Å²) in [5.74, 6) is 0. The van der Waals surface area contributed by atoms with Crippen LogP contribution in [0.25, 0.3) is 0 Å². The molecule has 0 saturated carbocycles. The molecule has 1 aromatic rings. The van der Waals surface area contributed by atoms with Crippen molar-refractivity contribution in [2.75, 3.05) is 40.5 Å². The predicted octanol–water partition coefficient (Wildman–Crippen LogP) is 2.82. The van der Waals surface area contributed by atoms with Crippen LogP contribution in [0.1, 0.15) is 24.9 Å². The van der Waals surface area contributed by atoms with Crippen LogP contribution >= 0.6 is 15.9 Å². The summed E-state index contributed by atoms with van der Waals surface area (Å²) in [6, 6.07) is 8.64. The number of ether oxygens (including phenoxy) is 2. The molecule has 120 valence electrons. The Morgan fingerprint density at radius 1 is 1.14 bits per heavy atom. The first-order valence-corrected chi connectivity index (χ1v) is 8.10. The van der Waals surface area contributed by atoms with Crippen molar-refractivity contribution >= 4 is 15.9 Å². The maximum Gasteiger partial charge on any atom is 0.0615 e. The number of nitrogens with zero attached hydrogens (tertiary/aromatic N) is 1. The molecule has 0 aliphatic rings. The van der Waals surface area contributed by atoms with Crippen LogP contribution in [0.4, 0.5) is 0 Å². The highest BCUT2D eigenvalue weighted by Gasteiger charge is 2.15. The summed E-state index contributed by atoms with van der Waals surface area (Å²) in [5, 5.41) is 0. The van der Waals surface area contributed by atoms with Gasteiger partial charge in [0.15, 0.2) is 0 Å². The van der Waals surface area contributed by atoms with E-state index in [1.54, 1.807) is 14.2 Å². The second-order valence-corrected chi connectivity index (χ2v) is 6.20. The number of hydrogen-bond donors (Lipinski definition) is 1. The molecule has 0 aliphatic heterocycles. The quantitative estimate of drug-likeness (QED) is 0.698. The van der Waals surface area contributed by atoms with Gasteiger partial charge in [0, 0.05) is 43.9 Å². The van der Waals surface area contributed by atoms with E-state index in [1.165, 1.54) is 5.56 Å². The Labute approximate surface area is 136 Å². The zero-order chi connectivity index (χ0) is 15.7. The lowest BCUT2D eigenvalue weighted by Gasteiger charge is -2.29. The van der Waals surface area contributed by atoms with Crippen LogP contribution in [0, 0.1) is 0 Å². The van der Waals surface area contributed by atoms with Crippen molar-refractivity contribution < 1.29 is 9.47 Å². The lowest BCUT2D eigenvalue weighted by Crippen LogP contribution is -2.40. The van der Waals surface area contributed by atoms with Crippen molar-refractivity contribution in [1.29, 1.82) is 0 Å². The third-order valence-corrected chi connectivity index (χ3v) is 4.17. The van der Waals surface area contributed by atoms with Gasteiger partial charge >= 0.3 is 0 Å². The predicted molar refractivity (Wildman–Crippen MR) is 90.5 cm³/mol. The van der Waals surface area contributed by atoms with Gasteiger partial charge in [-0.05, 0) is 31.0 Å². The molecule has 2 N–H and O–H groups in total. The van der Waals surface area contributed by atoms with Gasteiger partial charge in [-0.1, -0.05) is 28.1 Å². The van der Waals surface area contributed by atoms with Crippen LogP contribution in [0.15, 0.2) is 28.7 Å². The van der Waals surface area contributed by atoms with Crippen molar-refractivity contribution in [3.63, 3.8) is 0 Å². The lowest BCUT2D eigenvalue weighted by atomic mass is 10.0. The Hall–Kier alpha value is -0.460. The number of hydrogen-bond acceptors (Lipinski definition) is 4. The molecule has 0 spiro atoms. The van der Waals surface area contributed by atoms with E-state index in [-0.39, 0.29) is 6.04 Å². The van der Waals surface area contributed by atoms with Crippen LogP contribution in [0.3, 0.4) is 0 Å². The zero-order valence-corrected chi connectivity index (χ0v) is 14.8. The Morgan fingerprint density at radius 3 is 2.38 bits per heavy atom. The molecule has 5 heteroatoms. The number of halogens is 1. The van der Waals surface area contributed by atoms with E-state index in [0.29, 0.717) is 6.04 Å². The molecule has 2 atom stereocenters. The second-order valence-electron chi connectivity index (χ2n) is 5.28. The van der Waals surface area contributed by atoms with Crippen LogP contribution < -0.4 is 5.73 Å². The van der Waals surface area contributed by atoms with E-state index >= 15 is 0 Å². The molecule has 0 fully saturated rings. The van der Waals surface area contributed by atoms with Crippen molar-refractivity contribution in [1.82, 2.24) is 4.90 Å². The first kappa shape index (κ1) is 18.6. The summed E-state index contributed by atoms with van der Waals surface area (Å²) in [6.07, 6.45) is 0.916. The topological polar surface area (TPSA) is 47.7 Å². The molecule has 0 saturated heterocycles. The number of nitrogens with two attached hydrogens (primary N) is 1. The average molecular weight is 359 g/mol. The minimum atomic E-state index is 0.0536. The van der Waals surface area contributed by atoms with E-state index in [1.807, 2.05) is 12.1 Å². The molecular weight excluding hydrogens is 332 g/mol. The molecule has 4 nitrogen and oxygen atoms in total. The third kappa shape index (κ3) is 6.89. The molecule has 21 heavy (non-hydrogen) atoms. The van der Waals surface area contributed by atoms with Crippen molar-refractivity contribution in [3.8, 4) is 0 Å². The SMILES string of the molecule is COCCN(CCC(N)c1ccc(Br)cc1)C(C)COC. The minimum absolute atomic E-state index is 0.0536. The smallest absolute Gasteiger partial charge is 0.0615 e. The van der Waals surface area contributed by atoms with E-state index in [2.05, 4.69) is 39.9 Å². The average Bonchev–Trinajstić information content (AvgIpc) is 2.48. The van der Waals surface area contributed by atoms with E-state index in [4.69, 9.17) is 15.2 Å². The van der Waals surface area contributed by atoms with Gasteiger partial charge in [0.05, 0.1) is 13.2 Å². The van der Waals surface area contributed by atoms with Gasteiger partial charge in [-0.15, -0.1) is 0 Å². The number of methoxy groups -OCH3 is 2. The molecule has 0 aliphatic carbocycles. The number of benzene rings is 1. The summed E-state index contributed by atoms with van der Waals surface area (Å²) in [4.78, 5) is 2.37. The third-order valence-electron chi connectivity index (χ3n) is 3.64. The van der Waals surface area contributed by atoms with Gasteiger partial charge in [0.1, 0.15) is 0 Å². The Bertz CT molecular complexity index is 386. The first-order valence-electron chi connectivity index (χ1n) is 7.31. The van der Waals surface area contributed by atoms with Crippen molar-refractivity contribution in [2.45, 2.75) is 25.4 Å². The van der Waals surface area contributed by atoms with E-state index in [9.17, 15) is 0 Å². The van der Waals surface area contributed by atoms with E-state index < -0.39 is 0 Å². The van der Waals surface area contributed by atoms with Crippen LogP contribution in [0.5, 0.6) is 0 Å². The summed E-state index contributed by atoms with van der Waals surface area (Å²) in [7, 11) is 3.46. The van der Waals surface area contributed by atoms with Gasteiger partial charge in [-0.25, -0.2) is 0 Å². The van der Waals surface area contributed by atoms with Gasteiger partial charge in [0.2, 0.25) is 0 Å². The summed E-state index contributed by atoms with van der Waals surface area (Å²) in [5.41, 5.74) is 7.46. The normalized spacial score (nSPS) is 14.4. The lowest BCUT2D eigenvalue weighted by molar-refractivity contribution is 0.0732. The maximum absolute atomic E-state index is 6.29. The highest BCUT2D eigenvalue weighted by atomic mass is 79.9. The molecule has 0 amide bonds. The molecule has 0 bridgehead atoms. The van der Waals surface area contributed by atoms with Crippen LogP contribution in [-0.2, 0) is 9.47 Å². The Kier molecular flexibility index (Phi) is 9.11. The molecule has 0 radical (unpaired) electrons. The standard InChI is InChI=1S/C16H27BrN2O2/c1-13(12-21-3)19(10-11-20-2)9-8-16(18)14-4-6-15(17)7-5-14/h4-7,13,16H,8-12,18H2,1-3H3. The van der Waals surface area contributed by atoms with E-state index in [0.717, 1.165) is 37.2 Å². The van der Waals surface area contributed by atoms with Gasteiger partial charge < -0.3 is 15.2 Å². The number of rotatable bonds is 10. The Morgan fingerprint density at radius 2 is 1.81 bits per heavy atom. The molecule has 2 unspecified atom stereocenters. The fourth-order valence-electron chi connectivity index (χ4n) is 2.29. The molecule has 0 aromatic heterocycles.